The zero-order chi connectivity index (χ0) is 13.7. The van der Waals surface area contributed by atoms with Crippen molar-refractivity contribution in [2.75, 3.05) is 19.8 Å². The monoisotopic (exact) mass is 264 g/mol. The Balaban J connectivity index is 1.95. The van der Waals surface area contributed by atoms with Gasteiger partial charge in [0.05, 0.1) is 5.92 Å². The number of carbonyl (C=O) groups is 1. The van der Waals surface area contributed by atoms with E-state index in [9.17, 15) is 9.90 Å². The van der Waals surface area contributed by atoms with Crippen LogP contribution in [0.4, 0.5) is 0 Å². The van der Waals surface area contributed by atoms with Crippen molar-refractivity contribution in [3.05, 3.63) is 29.8 Å². The van der Waals surface area contributed by atoms with E-state index < -0.39 is 11.9 Å². The first-order valence-corrected chi connectivity index (χ1v) is 6.67. The van der Waals surface area contributed by atoms with Crippen molar-refractivity contribution in [1.82, 2.24) is 0 Å². The summed E-state index contributed by atoms with van der Waals surface area (Å²) in [6, 6.07) is 7.67. The minimum Gasteiger partial charge on any atom is -0.493 e. The number of carboxylic acids is 1. The van der Waals surface area contributed by atoms with E-state index in [1.165, 1.54) is 0 Å². The van der Waals surface area contributed by atoms with Gasteiger partial charge in [0.2, 0.25) is 0 Å². The second kappa shape index (κ2) is 6.57. The quantitative estimate of drug-likeness (QED) is 0.887. The number of hydrogen-bond acceptors (Lipinski definition) is 3. The maximum Gasteiger partial charge on any atom is 0.310 e. The van der Waals surface area contributed by atoms with Crippen molar-refractivity contribution in [3.63, 3.8) is 0 Å². The van der Waals surface area contributed by atoms with E-state index >= 15 is 0 Å². The fourth-order valence-corrected chi connectivity index (χ4v) is 2.42. The summed E-state index contributed by atoms with van der Waals surface area (Å²) in [6.45, 7) is 3.52. The highest BCUT2D eigenvalue weighted by molar-refractivity contribution is 5.70. The van der Waals surface area contributed by atoms with Gasteiger partial charge < -0.3 is 14.6 Å². The van der Waals surface area contributed by atoms with Gasteiger partial charge in [-0.05, 0) is 43.4 Å². The SMILES string of the molecule is Cc1cccc(OCC(C(=O)O)C2CCOCC2)c1. The molecule has 1 aromatic rings. The molecule has 1 fully saturated rings. The number of aryl methyl sites for hydroxylation is 1. The predicted molar refractivity (Wildman–Crippen MR) is 71.3 cm³/mol. The van der Waals surface area contributed by atoms with Crippen LogP contribution in [-0.4, -0.2) is 30.9 Å². The summed E-state index contributed by atoms with van der Waals surface area (Å²) in [5.41, 5.74) is 1.11. The molecule has 0 saturated carbocycles. The maximum atomic E-state index is 11.4. The third kappa shape index (κ3) is 3.96. The Kier molecular flexibility index (Phi) is 4.80. The molecule has 0 aliphatic carbocycles. The van der Waals surface area contributed by atoms with Gasteiger partial charge in [-0.3, -0.25) is 4.79 Å². The molecule has 0 spiro atoms. The molecular weight excluding hydrogens is 244 g/mol. The number of benzene rings is 1. The van der Waals surface area contributed by atoms with Crippen LogP contribution < -0.4 is 4.74 Å². The van der Waals surface area contributed by atoms with E-state index in [2.05, 4.69) is 0 Å². The summed E-state index contributed by atoms with van der Waals surface area (Å²) in [6.07, 6.45) is 1.60. The molecule has 1 N–H and O–H groups in total. The molecule has 0 bridgehead atoms. The van der Waals surface area contributed by atoms with Crippen molar-refractivity contribution in [1.29, 1.82) is 0 Å². The van der Waals surface area contributed by atoms with Crippen LogP contribution in [-0.2, 0) is 9.53 Å². The number of aliphatic carboxylic acids is 1. The van der Waals surface area contributed by atoms with Crippen molar-refractivity contribution in [2.45, 2.75) is 19.8 Å². The molecule has 1 unspecified atom stereocenters. The van der Waals surface area contributed by atoms with Gasteiger partial charge >= 0.3 is 5.97 Å². The van der Waals surface area contributed by atoms with Crippen LogP contribution in [0.1, 0.15) is 18.4 Å². The molecule has 1 aliphatic heterocycles. The summed E-state index contributed by atoms with van der Waals surface area (Å²) in [4.78, 5) is 11.4. The van der Waals surface area contributed by atoms with Gasteiger partial charge in [-0.1, -0.05) is 12.1 Å². The van der Waals surface area contributed by atoms with Crippen molar-refractivity contribution in [2.24, 2.45) is 11.8 Å². The first-order valence-electron chi connectivity index (χ1n) is 6.67. The topological polar surface area (TPSA) is 55.8 Å². The molecule has 2 rings (SSSR count). The molecule has 1 aliphatic rings. The van der Waals surface area contributed by atoms with Crippen LogP contribution in [0.3, 0.4) is 0 Å². The van der Waals surface area contributed by atoms with Gasteiger partial charge in [0, 0.05) is 13.2 Å². The van der Waals surface area contributed by atoms with E-state index in [4.69, 9.17) is 9.47 Å². The van der Waals surface area contributed by atoms with Crippen LogP contribution in [0.25, 0.3) is 0 Å². The van der Waals surface area contributed by atoms with Crippen molar-refractivity contribution in [3.8, 4) is 5.75 Å². The van der Waals surface area contributed by atoms with Crippen LogP contribution in [0.5, 0.6) is 5.75 Å². The molecule has 1 saturated heterocycles. The largest absolute Gasteiger partial charge is 0.493 e. The Morgan fingerprint density at radius 1 is 1.47 bits per heavy atom. The Labute approximate surface area is 113 Å². The first kappa shape index (κ1) is 13.9. The predicted octanol–water partition coefficient (Wildman–Crippen LogP) is 2.50. The van der Waals surface area contributed by atoms with Crippen LogP contribution >= 0.6 is 0 Å². The minimum absolute atomic E-state index is 0.149. The molecule has 1 aromatic carbocycles. The zero-order valence-electron chi connectivity index (χ0n) is 11.2. The van der Waals surface area contributed by atoms with Gasteiger partial charge in [-0.2, -0.15) is 0 Å². The zero-order valence-corrected chi connectivity index (χ0v) is 11.2. The van der Waals surface area contributed by atoms with Crippen LogP contribution in [0.15, 0.2) is 24.3 Å². The average Bonchev–Trinajstić information content (AvgIpc) is 2.40. The third-order valence-corrected chi connectivity index (χ3v) is 3.57. The highest BCUT2D eigenvalue weighted by Crippen LogP contribution is 2.25. The molecule has 1 atom stereocenters. The van der Waals surface area contributed by atoms with Gasteiger partial charge in [-0.15, -0.1) is 0 Å². The lowest BCUT2D eigenvalue weighted by Gasteiger charge is -2.27. The molecule has 0 amide bonds. The standard InChI is InChI=1S/C15H20O4/c1-11-3-2-4-13(9-11)19-10-14(15(16)17)12-5-7-18-8-6-12/h2-4,9,12,14H,5-8,10H2,1H3,(H,16,17). The second-order valence-corrected chi connectivity index (χ2v) is 5.02. The van der Waals surface area contributed by atoms with E-state index in [1.54, 1.807) is 0 Å². The van der Waals surface area contributed by atoms with E-state index in [-0.39, 0.29) is 12.5 Å². The first-order chi connectivity index (χ1) is 9.16. The highest BCUT2D eigenvalue weighted by atomic mass is 16.5. The molecule has 0 radical (unpaired) electrons. The molecular formula is C15H20O4. The number of rotatable bonds is 5. The normalized spacial score (nSPS) is 17.9. The highest BCUT2D eigenvalue weighted by Gasteiger charge is 2.30. The van der Waals surface area contributed by atoms with Gasteiger partial charge in [0.15, 0.2) is 0 Å². The molecule has 4 nitrogen and oxygen atoms in total. The number of ether oxygens (including phenoxy) is 2. The summed E-state index contributed by atoms with van der Waals surface area (Å²) in [7, 11) is 0. The lowest BCUT2D eigenvalue weighted by Crippen LogP contribution is -2.33. The van der Waals surface area contributed by atoms with Crippen LogP contribution in [0.2, 0.25) is 0 Å². The fourth-order valence-electron chi connectivity index (χ4n) is 2.42. The minimum atomic E-state index is -0.778. The average molecular weight is 264 g/mol. The lowest BCUT2D eigenvalue weighted by atomic mass is 9.86. The van der Waals surface area contributed by atoms with Gasteiger partial charge in [-0.25, -0.2) is 0 Å². The summed E-state index contributed by atoms with van der Waals surface area (Å²) in [5.74, 6) is -0.349. The molecule has 19 heavy (non-hydrogen) atoms. The summed E-state index contributed by atoms with van der Waals surface area (Å²) >= 11 is 0. The summed E-state index contributed by atoms with van der Waals surface area (Å²) in [5, 5.41) is 9.34. The fraction of sp³-hybridized carbons (Fsp3) is 0.533. The van der Waals surface area contributed by atoms with Gasteiger partial charge in [0.25, 0.3) is 0 Å². The Hall–Kier alpha value is -1.55. The van der Waals surface area contributed by atoms with E-state index in [0.29, 0.717) is 13.2 Å². The second-order valence-electron chi connectivity index (χ2n) is 5.02. The Bertz CT molecular complexity index is 424. The molecule has 1 heterocycles. The van der Waals surface area contributed by atoms with Gasteiger partial charge in [0.1, 0.15) is 12.4 Å². The Morgan fingerprint density at radius 3 is 2.84 bits per heavy atom. The maximum absolute atomic E-state index is 11.4. The molecule has 4 heteroatoms. The van der Waals surface area contributed by atoms with Crippen LogP contribution in [0, 0.1) is 18.8 Å². The number of carboxylic acid groups (broad SMARTS) is 1. The van der Waals surface area contributed by atoms with Crippen molar-refractivity contribution >= 4 is 5.97 Å². The molecule has 104 valence electrons. The molecule has 0 aromatic heterocycles. The van der Waals surface area contributed by atoms with E-state index in [0.717, 1.165) is 24.2 Å². The lowest BCUT2D eigenvalue weighted by molar-refractivity contribution is -0.146. The Morgan fingerprint density at radius 2 is 2.21 bits per heavy atom. The smallest absolute Gasteiger partial charge is 0.310 e. The van der Waals surface area contributed by atoms with Crippen molar-refractivity contribution < 1.29 is 19.4 Å². The summed E-state index contributed by atoms with van der Waals surface area (Å²) < 4.78 is 10.9. The third-order valence-electron chi connectivity index (χ3n) is 3.57. The van der Waals surface area contributed by atoms with E-state index in [1.807, 2.05) is 31.2 Å². The number of hydrogen-bond donors (Lipinski definition) is 1.